The number of aryl methyl sites for hydroxylation is 1. The second-order valence-corrected chi connectivity index (χ2v) is 3.67. The lowest BCUT2D eigenvalue weighted by Crippen LogP contribution is -1.88. The maximum atomic E-state index is 5.24. The molecule has 0 aliphatic carbocycles. The van der Waals surface area contributed by atoms with Gasteiger partial charge >= 0.3 is 0 Å². The summed E-state index contributed by atoms with van der Waals surface area (Å²) in [6, 6.07) is 6.04. The first-order valence-corrected chi connectivity index (χ1v) is 4.55. The third-order valence-corrected chi connectivity index (χ3v) is 2.28. The monoisotopic (exact) mass is 175 g/mol. The second kappa shape index (κ2) is 2.87. The molecule has 2 rings (SSSR count). The van der Waals surface area contributed by atoms with Crippen LogP contribution in [0.3, 0.4) is 0 Å². The van der Waals surface area contributed by atoms with Crippen LogP contribution in [-0.4, -0.2) is 5.16 Å². The highest BCUT2D eigenvalue weighted by atomic mass is 16.5. The van der Waals surface area contributed by atoms with Crippen molar-refractivity contribution in [2.75, 3.05) is 0 Å². The number of aromatic nitrogens is 1. The van der Waals surface area contributed by atoms with Gasteiger partial charge in [0.1, 0.15) is 0 Å². The van der Waals surface area contributed by atoms with Gasteiger partial charge < -0.3 is 4.52 Å². The molecule has 2 nitrogen and oxygen atoms in total. The molecule has 13 heavy (non-hydrogen) atoms. The molecule has 0 spiro atoms. The Bertz CT molecular complexity index is 429. The normalized spacial score (nSPS) is 11.4. The summed E-state index contributed by atoms with van der Waals surface area (Å²) in [4.78, 5) is 0. The third kappa shape index (κ3) is 1.22. The molecule has 1 aromatic carbocycles. The molecular formula is C11H13NO. The lowest BCUT2D eigenvalue weighted by molar-refractivity contribution is 0.441. The Labute approximate surface area is 77.5 Å². The van der Waals surface area contributed by atoms with E-state index < -0.39 is 0 Å². The average molecular weight is 175 g/mol. The molecule has 0 N–H and O–H groups in total. The molecule has 1 aromatic heterocycles. The molecule has 2 aromatic rings. The van der Waals surface area contributed by atoms with Crippen molar-refractivity contribution in [3.8, 4) is 0 Å². The average Bonchev–Trinajstić information content (AvgIpc) is 2.49. The van der Waals surface area contributed by atoms with Crippen molar-refractivity contribution in [3.05, 3.63) is 29.5 Å². The van der Waals surface area contributed by atoms with Crippen LogP contribution >= 0.6 is 0 Å². The number of rotatable bonds is 1. The highest BCUT2D eigenvalue weighted by Crippen LogP contribution is 2.26. The molecule has 0 radical (unpaired) electrons. The van der Waals surface area contributed by atoms with Crippen molar-refractivity contribution in [3.63, 3.8) is 0 Å². The predicted octanol–water partition coefficient (Wildman–Crippen LogP) is 3.26. The smallest absolute Gasteiger partial charge is 0.167 e. The molecule has 0 atom stereocenters. The summed E-state index contributed by atoms with van der Waals surface area (Å²) in [5, 5.41) is 5.26. The van der Waals surface area contributed by atoms with Gasteiger partial charge in [0.15, 0.2) is 5.58 Å². The Balaban J connectivity index is 2.79. The number of hydrogen-bond acceptors (Lipinski definition) is 2. The molecular weight excluding hydrogens is 162 g/mol. The standard InChI is InChI=1S/C11H13NO/c1-7(2)11-10-8(3)5-4-6-9(10)13-12-11/h4-7H,1-3H3. The SMILES string of the molecule is Cc1cccc2onc(C(C)C)c12. The lowest BCUT2D eigenvalue weighted by Gasteiger charge is -2.00. The lowest BCUT2D eigenvalue weighted by atomic mass is 10.0. The molecule has 0 amide bonds. The fourth-order valence-corrected chi connectivity index (χ4v) is 1.58. The van der Waals surface area contributed by atoms with Crippen molar-refractivity contribution in [2.45, 2.75) is 26.7 Å². The van der Waals surface area contributed by atoms with Gasteiger partial charge in [0.05, 0.1) is 5.69 Å². The predicted molar refractivity (Wildman–Crippen MR) is 52.8 cm³/mol. The minimum atomic E-state index is 0.419. The van der Waals surface area contributed by atoms with Crippen LogP contribution in [0.1, 0.15) is 31.0 Å². The van der Waals surface area contributed by atoms with E-state index >= 15 is 0 Å². The number of hydrogen-bond donors (Lipinski definition) is 0. The Morgan fingerprint density at radius 2 is 2.08 bits per heavy atom. The summed E-state index contributed by atoms with van der Waals surface area (Å²) in [5.41, 5.74) is 3.19. The van der Waals surface area contributed by atoms with E-state index in [9.17, 15) is 0 Å². The molecule has 2 heteroatoms. The van der Waals surface area contributed by atoms with Gasteiger partial charge in [-0.05, 0) is 24.5 Å². The van der Waals surface area contributed by atoms with Crippen LogP contribution < -0.4 is 0 Å². The zero-order valence-electron chi connectivity index (χ0n) is 8.16. The number of benzene rings is 1. The maximum Gasteiger partial charge on any atom is 0.167 e. The van der Waals surface area contributed by atoms with Crippen LogP contribution in [0.15, 0.2) is 22.7 Å². The molecule has 0 bridgehead atoms. The first-order valence-electron chi connectivity index (χ1n) is 4.55. The van der Waals surface area contributed by atoms with Gasteiger partial charge in [-0.15, -0.1) is 0 Å². The minimum absolute atomic E-state index is 0.419. The van der Waals surface area contributed by atoms with E-state index in [0.29, 0.717) is 5.92 Å². The van der Waals surface area contributed by atoms with Crippen LogP contribution in [0.4, 0.5) is 0 Å². The zero-order valence-corrected chi connectivity index (χ0v) is 8.16. The van der Waals surface area contributed by atoms with Gasteiger partial charge in [-0.25, -0.2) is 0 Å². The molecule has 0 fully saturated rings. The highest BCUT2D eigenvalue weighted by molar-refractivity contribution is 5.83. The van der Waals surface area contributed by atoms with Crippen molar-refractivity contribution in [2.24, 2.45) is 0 Å². The molecule has 0 saturated carbocycles. The van der Waals surface area contributed by atoms with Gasteiger partial charge in [0.25, 0.3) is 0 Å². The second-order valence-electron chi connectivity index (χ2n) is 3.67. The van der Waals surface area contributed by atoms with Crippen molar-refractivity contribution in [1.29, 1.82) is 0 Å². The Morgan fingerprint density at radius 3 is 2.77 bits per heavy atom. The molecule has 0 aliphatic heterocycles. The topological polar surface area (TPSA) is 26.0 Å². The van der Waals surface area contributed by atoms with E-state index in [1.165, 1.54) is 10.9 Å². The van der Waals surface area contributed by atoms with Crippen LogP contribution in [0.2, 0.25) is 0 Å². The minimum Gasteiger partial charge on any atom is -0.356 e. The summed E-state index contributed by atoms with van der Waals surface area (Å²) in [7, 11) is 0. The van der Waals surface area contributed by atoms with Gasteiger partial charge in [-0.2, -0.15) is 0 Å². The summed E-state index contributed by atoms with van der Waals surface area (Å²) in [5.74, 6) is 0.419. The molecule has 0 aliphatic rings. The van der Waals surface area contributed by atoms with Gasteiger partial charge in [-0.3, -0.25) is 0 Å². The molecule has 68 valence electrons. The van der Waals surface area contributed by atoms with E-state index in [1.807, 2.05) is 12.1 Å². The van der Waals surface area contributed by atoms with Crippen molar-refractivity contribution in [1.82, 2.24) is 5.16 Å². The van der Waals surface area contributed by atoms with Crippen LogP contribution in [0.25, 0.3) is 11.0 Å². The number of nitrogens with zero attached hydrogens (tertiary/aromatic N) is 1. The first kappa shape index (κ1) is 8.30. The summed E-state index contributed by atoms with van der Waals surface area (Å²) in [6.45, 7) is 6.35. The fourth-order valence-electron chi connectivity index (χ4n) is 1.58. The quantitative estimate of drug-likeness (QED) is 0.664. The Morgan fingerprint density at radius 1 is 1.31 bits per heavy atom. The summed E-state index contributed by atoms with van der Waals surface area (Å²) >= 11 is 0. The van der Waals surface area contributed by atoms with Crippen molar-refractivity contribution >= 4 is 11.0 Å². The van der Waals surface area contributed by atoms with Crippen LogP contribution in [-0.2, 0) is 0 Å². The van der Waals surface area contributed by atoms with E-state index in [2.05, 4.69) is 32.0 Å². The Hall–Kier alpha value is -1.31. The highest BCUT2D eigenvalue weighted by Gasteiger charge is 2.12. The largest absolute Gasteiger partial charge is 0.356 e. The number of fused-ring (bicyclic) bond motifs is 1. The Kier molecular flexibility index (Phi) is 1.83. The maximum absolute atomic E-state index is 5.24. The van der Waals surface area contributed by atoms with Crippen LogP contribution in [0.5, 0.6) is 0 Å². The zero-order chi connectivity index (χ0) is 9.42. The van der Waals surface area contributed by atoms with E-state index in [4.69, 9.17) is 4.52 Å². The van der Waals surface area contributed by atoms with E-state index in [0.717, 1.165) is 11.3 Å². The van der Waals surface area contributed by atoms with Gasteiger partial charge in [0, 0.05) is 5.39 Å². The molecule has 1 heterocycles. The van der Waals surface area contributed by atoms with Gasteiger partial charge in [0.2, 0.25) is 0 Å². The fraction of sp³-hybridized carbons (Fsp3) is 0.364. The molecule has 0 saturated heterocycles. The van der Waals surface area contributed by atoms with Crippen LogP contribution in [0, 0.1) is 6.92 Å². The van der Waals surface area contributed by atoms with E-state index in [1.54, 1.807) is 0 Å². The van der Waals surface area contributed by atoms with Crippen molar-refractivity contribution < 1.29 is 4.52 Å². The summed E-state index contributed by atoms with van der Waals surface area (Å²) < 4.78 is 5.24. The first-order chi connectivity index (χ1) is 6.20. The summed E-state index contributed by atoms with van der Waals surface area (Å²) in [6.07, 6.45) is 0. The third-order valence-electron chi connectivity index (χ3n) is 2.28. The van der Waals surface area contributed by atoms with E-state index in [-0.39, 0.29) is 0 Å². The molecule has 0 unspecified atom stereocenters. The van der Waals surface area contributed by atoms with Gasteiger partial charge in [-0.1, -0.05) is 31.1 Å².